The van der Waals surface area contributed by atoms with Crippen molar-refractivity contribution in [2.24, 2.45) is 0 Å². The SMILES string of the molecule is C[C@H](c1ccccc1)N(Cc1ccccc1)[S@@](=O)c1ccccc1. The maximum Gasteiger partial charge on any atom is 0.128 e. The van der Waals surface area contributed by atoms with Crippen molar-refractivity contribution in [3.63, 3.8) is 0 Å². The van der Waals surface area contributed by atoms with Gasteiger partial charge in [-0.05, 0) is 30.2 Å². The number of rotatable bonds is 6. The first-order valence-corrected chi connectivity index (χ1v) is 9.19. The van der Waals surface area contributed by atoms with Crippen molar-refractivity contribution in [2.75, 3.05) is 0 Å². The molecule has 0 fully saturated rings. The molecule has 0 heterocycles. The van der Waals surface area contributed by atoms with Crippen molar-refractivity contribution in [1.82, 2.24) is 4.31 Å². The van der Waals surface area contributed by atoms with E-state index in [0.29, 0.717) is 6.54 Å². The molecule has 3 rings (SSSR count). The lowest BCUT2D eigenvalue weighted by Gasteiger charge is -2.28. The van der Waals surface area contributed by atoms with Gasteiger partial charge in [0.25, 0.3) is 0 Å². The molecular weight excluding hydrogens is 314 g/mol. The molecule has 3 heteroatoms. The topological polar surface area (TPSA) is 20.3 Å². The maximum absolute atomic E-state index is 13.2. The maximum atomic E-state index is 13.2. The normalized spacial score (nSPS) is 13.6. The molecule has 0 saturated heterocycles. The van der Waals surface area contributed by atoms with Gasteiger partial charge in [-0.1, -0.05) is 78.9 Å². The molecular formula is C21H21NOS. The molecule has 0 aromatic heterocycles. The highest BCUT2D eigenvalue weighted by Crippen LogP contribution is 2.26. The van der Waals surface area contributed by atoms with Crippen LogP contribution < -0.4 is 0 Å². The summed E-state index contributed by atoms with van der Waals surface area (Å²) < 4.78 is 15.2. The molecule has 0 spiro atoms. The minimum Gasteiger partial charge on any atom is -0.237 e. The predicted octanol–water partition coefficient (Wildman–Crippen LogP) is 4.97. The van der Waals surface area contributed by atoms with Gasteiger partial charge in [-0.3, -0.25) is 0 Å². The first-order valence-electron chi connectivity index (χ1n) is 8.08. The monoisotopic (exact) mass is 335 g/mol. The molecule has 3 aromatic rings. The van der Waals surface area contributed by atoms with E-state index in [2.05, 4.69) is 31.2 Å². The molecule has 0 amide bonds. The Labute approximate surface area is 146 Å². The molecule has 0 radical (unpaired) electrons. The van der Waals surface area contributed by atoms with E-state index in [9.17, 15) is 4.21 Å². The van der Waals surface area contributed by atoms with Gasteiger partial charge in [0.2, 0.25) is 0 Å². The molecule has 0 bridgehead atoms. The fraction of sp³-hybridized carbons (Fsp3) is 0.143. The lowest BCUT2D eigenvalue weighted by atomic mass is 10.1. The van der Waals surface area contributed by atoms with Crippen molar-refractivity contribution in [3.8, 4) is 0 Å². The summed E-state index contributed by atoms with van der Waals surface area (Å²) in [6, 6.07) is 30.1. The van der Waals surface area contributed by atoms with Crippen molar-refractivity contribution in [1.29, 1.82) is 0 Å². The molecule has 0 saturated carbocycles. The highest BCUT2D eigenvalue weighted by Gasteiger charge is 2.23. The van der Waals surface area contributed by atoms with Gasteiger partial charge in [-0.15, -0.1) is 0 Å². The van der Waals surface area contributed by atoms with Crippen LogP contribution in [0.3, 0.4) is 0 Å². The fourth-order valence-electron chi connectivity index (χ4n) is 2.67. The predicted molar refractivity (Wildman–Crippen MR) is 99.7 cm³/mol. The Morgan fingerprint density at radius 1 is 0.792 bits per heavy atom. The molecule has 2 nitrogen and oxygen atoms in total. The summed E-state index contributed by atoms with van der Waals surface area (Å²) in [6.45, 7) is 2.75. The van der Waals surface area contributed by atoms with Crippen LogP contribution >= 0.6 is 0 Å². The summed E-state index contributed by atoms with van der Waals surface area (Å²) in [6.07, 6.45) is 0. The highest BCUT2D eigenvalue weighted by molar-refractivity contribution is 7.82. The molecule has 0 aliphatic heterocycles. The summed E-state index contributed by atoms with van der Waals surface area (Å²) in [5.41, 5.74) is 2.32. The standard InChI is InChI=1S/C21H21NOS/c1-18(20-13-7-3-8-14-20)22(17-19-11-5-2-6-12-19)24(23)21-15-9-4-10-16-21/h2-16,18H,17H2,1H3/t18-,24+/m1/s1. The third kappa shape index (κ3) is 3.99. The zero-order valence-electron chi connectivity index (χ0n) is 13.7. The van der Waals surface area contributed by atoms with E-state index in [1.54, 1.807) is 0 Å². The minimum absolute atomic E-state index is 0.0486. The summed E-state index contributed by atoms with van der Waals surface area (Å²) in [7, 11) is -1.22. The number of nitrogens with zero attached hydrogens (tertiary/aromatic N) is 1. The number of hydrogen-bond acceptors (Lipinski definition) is 1. The summed E-state index contributed by atoms with van der Waals surface area (Å²) in [5.74, 6) is 0. The van der Waals surface area contributed by atoms with E-state index < -0.39 is 11.0 Å². The second-order valence-corrected chi connectivity index (χ2v) is 7.15. The summed E-state index contributed by atoms with van der Waals surface area (Å²) >= 11 is 0. The summed E-state index contributed by atoms with van der Waals surface area (Å²) in [4.78, 5) is 0.830. The molecule has 0 unspecified atom stereocenters. The molecule has 0 N–H and O–H groups in total. The van der Waals surface area contributed by atoms with Gasteiger partial charge in [0.05, 0.1) is 4.90 Å². The van der Waals surface area contributed by atoms with Crippen LogP contribution in [0.1, 0.15) is 24.1 Å². The van der Waals surface area contributed by atoms with E-state index in [1.165, 1.54) is 0 Å². The van der Waals surface area contributed by atoms with E-state index in [1.807, 2.05) is 71.0 Å². The third-order valence-corrected chi connectivity index (χ3v) is 5.60. The van der Waals surface area contributed by atoms with E-state index in [0.717, 1.165) is 16.0 Å². The second-order valence-electron chi connectivity index (χ2n) is 5.71. The van der Waals surface area contributed by atoms with Gasteiger partial charge in [0, 0.05) is 12.6 Å². The Kier molecular flexibility index (Phi) is 5.57. The summed E-state index contributed by atoms with van der Waals surface area (Å²) in [5, 5.41) is 0. The third-order valence-electron chi connectivity index (χ3n) is 4.05. The smallest absolute Gasteiger partial charge is 0.128 e. The Balaban J connectivity index is 1.93. The van der Waals surface area contributed by atoms with E-state index in [4.69, 9.17) is 0 Å². The lowest BCUT2D eigenvalue weighted by Crippen LogP contribution is -2.29. The van der Waals surface area contributed by atoms with Crippen LogP contribution in [0.15, 0.2) is 95.9 Å². The van der Waals surface area contributed by atoms with Crippen LogP contribution in [0.5, 0.6) is 0 Å². The van der Waals surface area contributed by atoms with Crippen LogP contribution in [0.4, 0.5) is 0 Å². The van der Waals surface area contributed by atoms with Gasteiger partial charge >= 0.3 is 0 Å². The molecule has 24 heavy (non-hydrogen) atoms. The van der Waals surface area contributed by atoms with Crippen molar-refractivity contribution >= 4 is 11.0 Å². The van der Waals surface area contributed by atoms with Crippen LogP contribution in [0, 0.1) is 0 Å². The van der Waals surface area contributed by atoms with Crippen molar-refractivity contribution < 1.29 is 4.21 Å². The first-order chi connectivity index (χ1) is 11.8. The molecule has 3 aromatic carbocycles. The van der Waals surface area contributed by atoms with Crippen LogP contribution in [0.25, 0.3) is 0 Å². The Hall–Kier alpha value is -2.23. The van der Waals surface area contributed by atoms with Crippen LogP contribution in [0.2, 0.25) is 0 Å². The zero-order valence-corrected chi connectivity index (χ0v) is 14.5. The fourth-order valence-corrected chi connectivity index (χ4v) is 4.01. The number of benzene rings is 3. The Morgan fingerprint density at radius 2 is 1.29 bits per heavy atom. The Bertz CT molecular complexity index is 775. The van der Waals surface area contributed by atoms with Gasteiger partial charge in [0.15, 0.2) is 0 Å². The van der Waals surface area contributed by atoms with E-state index in [-0.39, 0.29) is 6.04 Å². The molecule has 0 aliphatic carbocycles. The van der Waals surface area contributed by atoms with Gasteiger partial charge in [-0.2, -0.15) is 0 Å². The average molecular weight is 335 g/mol. The van der Waals surface area contributed by atoms with Crippen molar-refractivity contribution in [2.45, 2.75) is 24.4 Å². The zero-order chi connectivity index (χ0) is 16.8. The molecule has 122 valence electrons. The second kappa shape index (κ2) is 8.04. The first kappa shape index (κ1) is 16.6. The molecule has 0 aliphatic rings. The lowest BCUT2D eigenvalue weighted by molar-refractivity contribution is 0.358. The van der Waals surface area contributed by atoms with E-state index >= 15 is 0 Å². The Morgan fingerprint density at radius 3 is 1.88 bits per heavy atom. The van der Waals surface area contributed by atoms with Crippen molar-refractivity contribution in [3.05, 3.63) is 102 Å². The van der Waals surface area contributed by atoms with Gasteiger partial charge in [0.1, 0.15) is 11.0 Å². The quantitative estimate of drug-likeness (QED) is 0.622. The minimum atomic E-state index is -1.22. The van der Waals surface area contributed by atoms with Gasteiger partial charge < -0.3 is 0 Å². The average Bonchev–Trinajstić information content (AvgIpc) is 2.67. The highest BCUT2D eigenvalue weighted by atomic mass is 32.2. The number of hydrogen-bond donors (Lipinski definition) is 0. The van der Waals surface area contributed by atoms with Gasteiger partial charge in [-0.25, -0.2) is 8.51 Å². The van der Waals surface area contributed by atoms with Crippen LogP contribution in [-0.4, -0.2) is 8.51 Å². The largest absolute Gasteiger partial charge is 0.237 e. The molecule has 2 atom stereocenters. The van der Waals surface area contributed by atoms with Crippen LogP contribution in [-0.2, 0) is 17.5 Å².